The van der Waals surface area contributed by atoms with Crippen LogP contribution in [0, 0.1) is 0 Å². The summed E-state index contributed by atoms with van der Waals surface area (Å²) in [4.78, 5) is 4.00. The Labute approximate surface area is 154 Å². The van der Waals surface area contributed by atoms with E-state index in [1.807, 2.05) is 6.07 Å². The lowest BCUT2D eigenvalue weighted by Gasteiger charge is -2.20. The largest absolute Gasteiger partial charge is 0.392 e. The van der Waals surface area contributed by atoms with Crippen molar-refractivity contribution in [2.75, 3.05) is 0 Å². The van der Waals surface area contributed by atoms with Gasteiger partial charge in [0.25, 0.3) is 0 Å². The van der Waals surface area contributed by atoms with Crippen LogP contribution >= 0.6 is 0 Å². The van der Waals surface area contributed by atoms with Crippen LogP contribution in [0.4, 0.5) is 8.78 Å². The van der Waals surface area contributed by atoms with Crippen molar-refractivity contribution in [1.82, 2.24) is 4.98 Å². The monoisotopic (exact) mass is 365 g/mol. The molecule has 0 fully saturated rings. The highest BCUT2D eigenvalue weighted by molar-refractivity contribution is 5.90. The molecule has 136 valence electrons. The molecule has 1 aromatic heterocycles. The van der Waals surface area contributed by atoms with Crippen LogP contribution in [-0.2, 0) is 19.1 Å². The van der Waals surface area contributed by atoms with Crippen molar-refractivity contribution in [2.24, 2.45) is 0 Å². The van der Waals surface area contributed by atoms with E-state index in [-0.39, 0.29) is 29.9 Å². The first-order valence-electron chi connectivity index (χ1n) is 8.55. The fourth-order valence-electron chi connectivity index (χ4n) is 3.48. The summed E-state index contributed by atoms with van der Waals surface area (Å²) < 4.78 is 31.2. The van der Waals surface area contributed by atoms with Gasteiger partial charge in [-0.05, 0) is 45.5 Å². The first-order valence-corrected chi connectivity index (χ1v) is 8.55. The van der Waals surface area contributed by atoms with Crippen molar-refractivity contribution in [3.8, 4) is 0 Å². The maximum Gasteiger partial charge on any atom is 0.316 e. The van der Waals surface area contributed by atoms with Crippen molar-refractivity contribution in [3.63, 3.8) is 0 Å². The van der Waals surface area contributed by atoms with Crippen LogP contribution in [0.5, 0.6) is 0 Å². The molecule has 0 aliphatic heterocycles. The molecule has 2 N–H and O–H groups in total. The minimum atomic E-state index is -3.33. The Kier molecular flexibility index (Phi) is 4.34. The summed E-state index contributed by atoms with van der Waals surface area (Å²) in [5, 5.41) is 21.0. The molecular weight excluding hydrogens is 348 g/mol. The lowest BCUT2D eigenvalue weighted by atomic mass is 9.93. The van der Waals surface area contributed by atoms with E-state index in [1.165, 1.54) is 18.3 Å². The number of benzene rings is 3. The quantitative estimate of drug-likeness (QED) is 0.559. The second kappa shape index (κ2) is 6.68. The van der Waals surface area contributed by atoms with E-state index < -0.39 is 5.92 Å². The molecule has 4 rings (SSSR count). The number of nitrogens with zero attached hydrogens (tertiary/aromatic N) is 1. The molecule has 0 aliphatic rings. The van der Waals surface area contributed by atoms with E-state index in [0.29, 0.717) is 21.9 Å². The minimum Gasteiger partial charge on any atom is -0.392 e. The summed E-state index contributed by atoms with van der Waals surface area (Å²) in [7, 11) is 0. The van der Waals surface area contributed by atoms with E-state index in [9.17, 15) is 10.2 Å². The van der Waals surface area contributed by atoms with Crippen molar-refractivity contribution in [1.29, 1.82) is 0 Å². The molecular formula is C22H17F2NO2. The van der Waals surface area contributed by atoms with Gasteiger partial charge < -0.3 is 10.2 Å². The average molecular weight is 365 g/mol. The highest BCUT2D eigenvalue weighted by atomic mass is 19.3. The number of alkyl halides is 2. The third kappa shape index (κ3) is 2.85. The van der Waals surface area contributed by atoms with E-state index in [1.54, 1.807) is 42.5 Å². The molecule has 0 saturated heterocycles. The Morgan fingerprint density at radius 1 is 0.778 bits per heavy atom. The van der Waals surface area contributed by atoms with E-state index in [4.69, 9.17) is 0 Å². The van der Waals surface area contributed by atoms with E-state index in [2.05, 4.69) is 4.98 Å². The molecule has 0 saturated carbocycles. The number of fused-ring (bicyclic) bond motifs is 2. The fraction of sp³-hybridized carbons (Fsp3) is 0.136. The summed E-state index contributed by atoms with van der Waals surface area (Å²) in [6, 6.07) is 16.6. The second-order valence-corrected chi connectivity index (χ2v) is 6.42. The number of rotatable bonds is 4. The molecule has 27 heavy (non-hydrogen) atoms. The summed E-state index contributed by atoms with van der Waals surface area (Å²) in [6.07, 6.45) is 1.34. The van der Waals surface area contributed by atoms with Crippen molar-refractivity contribution in [3.05, 3.63) is 89.2 Å². The normalized spacial score (nSPS) is 12.0. The molecule has 3 nitrogen and oxygen atoms in total. The molecule has 5 heteroatoms. The van der Waals surface area contributed by atoms with Gasteiger partial charge in [-0.15, -0.1) is 0 Å². The van der Waals surface area contributed by atoms with E-state index >= 15 is 8.78 Å². The molecule has 0 amide bonds. The first kappa shape index (κ1) is 17.5. The molecule has 0 atom stereocenters. The Bertz CT molecular complexity index is 1140. The lowest BCUT2D eigenvalue weighted by Crippen LogP contribution is -2.18. The summed E-state index contributed by atoms with van der Waals surface area (Å²) in [6.45, 7) is -0.622. The summed E-state index contributed by atoms with van der Waals surface area (Å²) in [5.74, 6) is -3.33. The van der Waals surface area contributed by atoms with Gasteiger partial charge in [0.05, 0.1) is 13.2 Å². The number of hydrogen-bond donors (Lipinski definition) is 2. The fourth-order valence-corrected chi connectivity index (χ4v) is 3.48. The molecule has 0 unspecified atom stereocenters. The highest BCUT2D eigenvalue weighted by Crippen LogP contribution is 2.41. The Morgan fingerprint density at radius 2 is 1.48 bits per heavy atom. The molecule has 0 aliphatic carbocycles. The van der Waals surface area contributed by atoms with Crippen molar-refractivity contribution >= 4 is 21.5 Å². The average Bonchev–Trinajstić information content (AvgIpc) is 2.71. The number of pyridine rings is 1. The van der Waals surface area contributed by atoms with Crippen LogP contribution in [0.1, 0.15) is 22.4 Å². The standard InChI is InChI=1S/C22H17F2NO2/c23-22(24,20-7-3-5-14-4-1-2-6-18(14)20)21-19-11-17(13-27)16(12-26)10-15(19)8-9-25-21/h1-11,26-27H,12-13H2. The molecule has 0 bridgehead atoms. The smallest absolute Gasteiger partial charge is 0.316 e. The predicted octanol–water partition coefficient (Wildman–Crippen LogP) is 4.51. The molecule has 3 aromatic carbocycles. The van der Waals surface area contributed by atoms with Gasteiger partial charge in [0.15, 0.2) is 0 Å². The summed E-state index contributed by atoms with van der Waals surface area (Å²) >= 11 is 0. The Balaban J connectivity index is 2.00. The van der Waals surface area contributed by atoms with Crippen LogP contribution in [0.2, 0.25) is 0 Å². The van der Waals surface area contributed by atoms with Gasteiger partial charge in [-0.1, -0.05) is 42.5 Å². The molecule has 0 spiro atoms. The Hall–Kier alpha value is -2.89. The first-order chi connectivity index (χ1) is 13.1. The number of aromatic nitrogens is 1. The lowest BCUT2D eigenvalue weighted by molar-refractivity contribution is 0.0414. The van der Waals surface area contributed by atoms with E-state index in [0.717, 1.165) is 5.39 Å². The maximum absolute atomic E-state index is 15.6. The van der Waals surface area contributed by atoms with Crippen LogP contribution in [0.15, 0.2) is 66.9 Å². The van der Waals surface area contributed by atoms with Gasteiger partial charge in [-0.2, -0.15) is 8.78 Å². The summed E-state index contributed by atoms with van der Waals surface area (Å²) in [5.41, 5.74) is 0.441. The van der Waals surface area contributed by atoms with Gasteiger partial charge in [0.1, 0.15) is 5.69 Å². The van der Waals surface area contributed by atoms with Gasteiger partial charge in [0.2, 0.25) is 0 Å². The van der Waals surface area contributed by atoms with Gasteiger partial charge in [-0.3, -0.25) is 4.98 Å². The predicted molar refractivity (Wildman–Crippen MR) is 101 cm³/mol. The molecule has 1 heterocycles. The zero-order valence-electron chi connectivity index (χ0n) is 14.4. The maximum atomic E-state index is 15.6. The molecule has 0 radical (unpaired) electrons. The third-order valence-corrected chi connectivity index (χ3v) is 4.85. The number of aliphatic hydroxyl groups is 2. The van der Waals surface area contributed by atoms with Crippen molar-refractivity contribution < 1.29 is 19.0 Å². The number of hydrogen-bond acceptors (Lipinski definition) is 3. The third-order valence-electron chi connectivity index (χ3n) is 4.85. The zero-order valence-corrected chi connectivity index (χ0v) is 14.4. The van der Waals surface area contributed by atoms with Crippen LogP contribution < -0.4 is 0 Å². The van der Waals surface area contributed by atoms with Gasteiger partial charge >= 0.3 is 5.92 Å². The van der Waals surface area contributed by atoms with Crippen LogP contribution in [0.25, 0.3) is 21.5 Å². The number of aliphatic hydroxyl groups excluding tert-OH is 2. The highest BCUT2D eigenvalue weighted by Gasteiger charge is 2.38. The van der Waals surface area contributed by atoms with Gasteiger partial charge in [-0.25, -0.2) is 0 Å². The zero-order chi connectivity index (χ0) is 19.0. The topological polar surface area (TPSA) is 53.4 Å². The van der Waals surface area contributed by atoms with Crippen LogP contribution in [-0.4, -0.2) is 15.2 Å². The Morgan fingerprint density at radius 3 is 2.26 bits per heavy atom. The SMILES string of the molecule is OCc1cc2ccnc(C(F)(F)c3cccc4ccccc34)c2cc1CO. The van der Waals surface area contributed by atoms with Gasteiger partial charge in [0, 0.05) is 17.1 Å². The minimum absolute atomic E-state index is 0.114. The molecule has 4 aromatic rings. The second-order valence-electron chi connectivity index (χ2n) is 6.42. The number of halogens is 2. The van der Waals surface area contributed by atoms with Crippen LogP contribution in [0.3, 0.4) is 0 Å². The van der Waals surface area contributed by atoms with Crippen molar-refractivity contribution in [2.45, 2.75) is 19.1 Å².